The zero-order valence-electron chi connectivity index (χ0n) is 14.2. The number of ether oxygens (including phenoxy) is 3. The molecule has 0 radical (unpaired) electrons. The van der Waals surface area contributed by atoms with E-state index in [0.717, 1.165) is 0 Å². The molecule has 0 aromatic heterocycles. The zero-order chi connectivity index (χ0) is 18.4. The van der Waals surface area contributed by atoms with Crippen LogP contribution >= 0.6 is 11.6 Å². The van der Waals surface area contributed by atoms with Crippen molar-refractivity contribution in [1.29, 1.82) is 0 Å². The van der Waals surface area contributed by atoms with Crippen molar-refractivity contribution in [3.8, 4) is 17.2 Å². The first kappa shape index (κ1) is 19.4. The summed E-state index contributed by atoms with van der Waals surface area (Å²) in [6, 6.07) is 9.70. The van der Waals surface area contributed by atoms with Gasteiger partial charge in [-0.15, -0.1) is 0 Å². The van der Waals surface area contributed by atoms with E-state index >= 15 is 0 Å². The highest BCUT2D eigenvalue weighted by Crippen LogP contribution is 2.30. The number of rotatable bonds is 8. The van der Waals surface area contributed by atoms with Gasteiger partial charge in [0, 0.05) is 11.6 Å². The smallest absolute Gasteiger partial charge is 0.244 e. The maximum Gasteiger partial charge on any atom is 0.244 e. The molecule has 0 spiro atoms. The van der Waals surface area contributed by atoms with Crippen LogP contribution in [0.4, 0.5) is 0 Å². The summed E-state index contributed by atoms with van der Waals surface area (Å²) in [5, 5.41) is 0.304. The summed E-state index contributed by atoms with van der Waals surface area (Å²) in [4.78, 5) is -0.0179. The maximum atomic E-state index is 12.7. The number of hydrogen-bond donors (Lipinski definition) is 1. The number of halogens is 1. The second-order valence-electron chi connectivity index (χ2n) is 4.99. The lowest BCUT2D eigenvalue weighted by Crippen LogP contribution is -2.24. The van der Waals surface area contributed by atoms with Crippen LogP contribution in [0.2, 0.25) is 5.02 Å². The number of methoxy groups -OCH3 is 2. The Balaban J connectivity index is 2.34. The van der Waals surface area contributed by atoms with Gasteiger partial charge in [0.25, 0.3) is 0 Å². The summed E-state index contributed by atoms with van der Waals surface area (Å²) in [6.45, 7) is 2.11. The van der Waals surface area contributed by atoms with E-state index in [1.165, 1.54) is 26.4 Å². The largest absolute Gasteiger partial charge is 0.496 e. The van der Waals surface area contributed by atoms with Gasteiger partial charge in [0.05, 0.1) is 26.4 Å². The Kier molecular flexibility index (Phi) is 6.52. The lowest BCUT2D eigenvalue weighted by Gasteiger charge is -2.15. The summed E-state index contributed by atoms with van der Waals surface area (Å²) in [5.74, 6) is 1.29. The minimum atomic E-state index is -3.85. The van der Waals surface area contributed by atoms with Crippen molar-refractivity contribution in [3.05, 3.63) is 47.0 Å². The van der Waals surface area contributed by atoms with Crippen molar-refractivity contribution < 1.29 is 22.6 Å². The minimum Gasteiger partial charge on any atom is -0.496 e. The molecule has 2 rings (SSSR count). The van der Waals surface area contributed by atoms with E-state index in [9.17, 15) is 8.42 Å². The van der Waals surface area contributed by atoms with E-state index in [2.05, 4.69) is 4.72 Å². The molecule has 0 saturated heterocycles. The predicted octanol–water partition coefficient (Wildman–Crippen LogP) is 3.23. The van der Waals surface area contributed by atoms with Crippen molar-refractivity contribution >= 4 is 21.6 Å². The molecule has 0 unspecified atom stereocenters. The summed E-state index contributed by atoms with van der Waals surface area (Å²) < 4.78 is 43.9. The Labute approximate surface area is 152 Å². The van der Waals surface area contributed by atoms with E-state index < -0.39 is 10.0 Å². The van der Waals surface area contributed by atoms with Crippen LogP contribution in [0.15, 0.2) is 41.3 Å². The molecule has 0 amide bonds. The Morgan fingerprint density at radius 2 is 1.68 bits per heavy atom. The highest BCUT2D eigenvalue weighted by atomic mass is 35.5. The van der Waals surface area contributed by atoms with Crippen LogP contribution in [0.1, 0.15) is 12.5 Å². The first-order valence-electron chi connectivity index (χ1n) is 7.54. The Bertz CT molecular complexity index is 817. The quantitative estimate of drug-likeness (QED) is 0.755. The van der Waals surface area contributed by atoms with Crippen LogP contribution in [-0.2, 0) is 16.6 Å². The van der Waals surface area contributed by atoms with Crippen molar-refractivity contribution in [1.82, 2.24) is 4.72 Å². The second-order valence-corrected chi connectivity index (χ2v) is 7.16. The van der Waals surface area contributed by atoms with E-state index in [4.69, 9.17) is 25.8 Å². The molecule has 1 N–H and O–H groups in total. The lowest BCUT2D eigenvalue weighted by atomic mass is 10.2. The van der Waals surface area contributed by atoms with E-state index in [0.29, 0.717) is 28.7 Å². The molecule has 8 heteroatoms. The first-order chi connectivity index (χ1) is 11.9. The van der Waals surface area contributed by atoms with Gasteiger partial charge in [-0.1, -0.05) is 17.7 Å². The maximum absolute atomic E-state index is 12.7. The first-order valence-corrected chi connectivity index (χ1v) is 9.41. The van der Waals surface area contributed by atoms with Gasteiger partial charge in [0.15, 0.2) is 0 Å². The fourth-order valence-electron chi connectivity index (χ4n) is 2.31. The molecule has 0 bridgehead atoms. The van der Waals surface area contributed by atoms with Gasteiger partial charge in [-0.05, 0) is 37.3 Å². The topological polar surface area (TPSA) is 73.9 Å². The third kappa shape index (κ3) is 4.56. The van der Waals surface area contributed by atoms with Crippen molar-refractivity contribution in [2.45, 2.75) is 18.4 Å². The second kappa shape index (κ2) is 8.42. The molecule has 0 aliphatic rings. The summed E-state index contributed by atoms with van der Waals surface area (Å²) >= 11 is 5.95. The summed E-state index contributed by atoms with van der Waals surface area (Å²) in [6.07, 6.45) is 0. The standard InChI is InChI=1S/C17H20ClNO5S/c1-4-24-16-9-8-12(18)10-17(16)25(20,21)19-11-13-14(22-2)6-5-7-15(13)23-3/h5-10,19H,4,11H2,1-3H3. The Hall–Kier alpha value is -1.96. The molecular formula is C17H20ClNO5S. The van der Waals surface area contributed by atoms with Gasteiger partial charge in [0.1, 0.15) is 22.1 Å². The monoisotopic (exact) mass is 385 g/mol. The van der Waals surface area contributed by atoms with Gasteiger partial charge in [-0.3, -0.25) is 0 Å². The van der Waals surface area contributed by atoms with E-state index in [1.54, 1.807) is 31.2 Å². The lowest BCUT2D eigenvalue weighted by molar-refractivity contribution is 0.331. The molecule has 2 aromatic carbocycles. The highest BCUT2D eigenvalue weighted by Gasteiger charge is 2.21. The van der Waals surface area contributed by atoms with Gasteiger partial charge in [-0.25, -0.2) is 13.1 Å². The fourth-order valence-corrected chi connectivity index (χ4v) is 3.71. The third-order valence-electron chi connectivity index (χ3n) is 3.46. The van der Waals surface area contributed by atoms with Crippen molar-refractivity contribution in [2.24, 2.45) is 0 Å². The minimum absolute atomic E-state index is 0.00635. The molecule has 6 nitrogen and oxygen atoms in total. The molecule has 0 heterocycles. The van der Waals surface area contributed by atoms with Crippen LogP contribution < -0.4 is 18.9 Å². The van der Waals surface area contributed by atoms with Gasteiger partial charge in [0.2, 0.25) is 10.0 Å². The average Bonchev–Trinajstić information content (AvgIpc) is 2.61. The van der Waals surface area contributed by atoms with Crippen LogP contribution in [0.3, 0.4) is 0 Å². The van der Waals surface area contributed by atoms with Gasteiger partial charge < -0.3 is 14.2 Å². The molecular weight excluding hydrogens is 366 g/mol. The number of benzene rings is 2. The summed E-state index contributed by atoms with van der Waals surface area (Å²) in [7, 11) is -0.833. The van der Waals surface area contributed by atoms with Crippen LogP contribution in [0.5, 0.6) is 17.2 Å². The molecule has 0 saturated carbocycles. The fraction of sp³-hybridized carbons (Fsp3) is 0.294. The van der Waals surface area contributed by atoms with Crippen LogP contribution in [0, 0.1) is 0 Å². The molecule has 0 aliphatic carbocycles. The molecule has 0 atom stereocenters. The highest BCUT2D eigenvalue weighted by molar-refractivity contribution is 7.89. The number of hydrogen-bond acceptors (Lipinski definition) is 5. The Morgan fingerprint density at radius 3 is 2.24 bits per heavy atom. The van der Waals surface area contributed by atoms with Crippen LogP contribution in [0.25, 0.3) is 0 Å². The zero-order valence-corrected chi connectivity index (χ0v) is 15.8. The third-order valence-corrected chi connectivity index (χ3v) is 5.12. The molecule has 0 fully saturated rings. The molecule has 2 aromatic rings. The SMILES string of the molecule is CCOc1ccc(Cl)cc1S(=O)(=O)NCc1c(OC)cccc1OC. The number of sulfonamides is 1. The normalized spacial score (nSPS) is 11.2. The van der Waals surface area contributed by atoms with E-state index in [1.807, 2.05) is 0 Å². The average molecular weight is 386 g/mol. The van der Waals surface area contributed by atoms with Crippen molar-refractivity contribution in [2.75, 3.05) is 20.8 Å². The van der Waals surface area contributed by atoms with Crippen molar-refractivity contribution in [3.63, 3.8) is 0 Å². The molecule has 25 heavy (non-hydrogen) atoms. The van der Waals surface area contributed by atoms with Gasteiger partial charge in [-0.2, -0.15) is 0 Å². The Morgan fingerprint density at radius 1 is 1.04 bits per heavy atom. The van der Waals surface area contributed by atoms with Crippen LogP contribution in [-0.4, -0.2) is 29.2 Å². The van der Waals surface area contributed by atoms with E-state index in [-0.39, 0.29) is 17.2 Å². The predicted molar refractivity (Wildman–Crippen MR) is 96.2 cm³/mol. The summed E-state index contributed by atoms with van der Waals surface area (Å²) in [5.41, 5.74) is 0.594. The molecule has 0 aliphatic heterocycles. The number of nitrogens with one attached hydrogen (secondary N) is 1. The van der Waals surface area contributed by atoms with Gasteiger partial charge >= 0.3 is 0 Å². The molecule has 136 valence electrons.